The minimum Gasteiger partial charge on any atom is -0.389 e. The molecule has 0 radical (unpaired) electrons. The molecule has 1 aromatic rings. The van der Waals surface area contributed by atoms with E-state index in [0.717, 1.165) is 12.1 Å². The summed E-state index contributed by atoms with van der Waals surface area (Å²) in [5.41, 5.74) is 1.13. The van der Waals surface area contributed by atoms with Gasteiger partial charge in [-0.25, -0.2) is 0 Å². The van der Waals surface area contributed by atoms with Crippen molar-refractivity contribution in [3.05, 3.63) is 30.1 Å². The fourth-order valence-electron chi connectivity index (χ4n) is 1.84. The van der Waals surface area contributed by atoms with Crippen molar-refractivity contribution < 1.29 is 14.6 Å². The van der Waals surface area contributed by atoms with Gasteiger partial charge in [0.05, 0.1) is 32.0 Å². The molecule has 1 heterocycles. The lowest BCUT2D eigenvalue weighted by molar-refractivity contribution is -0.0174. The molecule has 0 aliphatic carbocycles. The zero-order valence-corrected chi connectivity index (χ0v) is 12.7. The Labute approximate surface area is 121 Å². The van der Waals surface area contributed by atoms with Crippen LogP contribution in [-0.4, -0.2) is 60.6 Å². The molecule has 1 N–H and O–H groups in total. The van der Waals surface area contributed by atoms with Crippen LogP contribution in [0.4, 0.5) is 0 Å². The molecule has 114 valence electrons. The van der Waals surface area contributed by atoms with Gasteiger partial charge in [0.1, 0.15) is 0 Å². The average Bonchev–Trinajstić information content (AvgIpc) is 2.38. The molecule has 0 aliphatic rings. The van der Waals surface area contributed by atoms with Gasteiger partial charge in [-0.05, 0) is 32.5 Å². The van der Waals surface area contributed by atoms with Gasteiger partial charge in [0, 0.05) is 25.5 Å². The number of hydrogen-bond donors (Lipinski definition) is 1. The van der Waals surface area contributed by atoms with E-state index in [4.69, 9.17) is 9.47 Å². The Morgan fingerprint density at radius 3 is 2.80 bits per heavy atom. The second-order valence-electron chi connectivity index (χ2n) is 5.21. The Hall–Kier alpha value is -1.01. The molecule has 0 bridgehead atoms. The van der Waals surface area contributed by atoms with Crippen molar-refractivity contribution in [3.63, 3.8) is 0 Å². The van der Waals surface area contributed by atoms with Crippen LogP contribution in [0.2, 0.25) is 0 Å². The highest BCUT2D eigenvalue weighted by Crippen LogP contribution is 2.01. The second kappa shape index (κ2) is 9.83. The lowest BCUT2D eigenvalue weighted by atomic mass is 10.2. The molecule has 0 aliphatic heterocycles. The first-order valence-electron chi connectivity index (χ1n) is 7.02. The van der Waals surface area contributed by atoms with Gasteiger partial charge in [0.2, 0.25) is 0 Å². The molecule has 1 aromatic heterocycles. The van der Waals surface area contributed by atoms with Crippen molar-refractivity contribution in [2.24, 2.45) is 0 Å². The molecular weight excluding hydrogens is 256 g/mol. The SMILES string of the molecule is CC(C)OCCOC[C@H](O)CN(C)Cc1cccnc1. The number of aromatic nitrogens is 1. The number of rotatable bonds is 10. The number of hydrogen-bond acceptors (Lipinski definition) is 5. The standard InChI is InChI=1S/C15H26N2O3/c1-13(2)20-8-7-19-12-15(18)11-17(3)10-14-5-4-6-16-9-14/h4-6,9,13,15,18H,7-8,10-12H2,1-3H3/t15-/m1/s1. The lowest BCUT2D eigenvalue weighted by Crippen LogP contribution is -2.32. The molecule has 5 heteroatoms. The minimum atomic E-state index is -0.490. The van der Waals surface area contributed by atoms with Gasteiger partial charge in [0.15, 0.2) is 0 Å². The monoisotopic (exact) mass is 282 g/mol. The highest BCUT2D eigenvalue weighted by Gasteiger charge is 2.09. The maximum absolute atomic E-state index is 9.88. The van der Waals surface area contributed by atoms with Gasteiger partial charge < -0.3 is 14.6 Å². The molecule has 0 unspecified atom stereocenters. The first-order valence-corrected chi connectivity index (χ1v) is 7.02. The molecular formula is C15H26N2O3. The number of pyridine rings is 1. The van der Waals surface area contributed by atoms with Crippen molar-refractivity contribution in [2.45, 2.75) is 32.6 Å². The topological polar surface area (TPSA) is 54.8 Å². The van der Waals surface area contributed by atoms with E-state index >= 15 is 0 Å². The normalized spacial score (nSPS) is 13.1. The first kappa shape index (κ1) is 17.0. The Kier molecular flexibility index (Phi) is 8.37. The van der Waals surface area contributed by atoms with Crippen molar-refractivity contribution in [1.82, 2.24) is 9.88 Å². The molecule has 0 spiro atoms. The Bertz CT molecular complexity index is 346. The van der Waals surface area contributed by atoms with Crippen LogP contribution in [-0.2, 0) is 16.0 Å². The zero-order valence-electron chi connectivity index (χ0n) is 12.7. The Morgan fingerprint density at radius 1 is 1.35 bits per heavy atom. The maximum atomic E-state index is 9.88. The van der Waals surface area contributed by atoms with Crippen molar-refractivity contribution in [1.29, 1.82) is 0 Å². The summed E-state index contributed by atoms with van der Waals surface area (Å²) in [5.74, 6) is 0. The fourth-order valence-corrected chi connectivity index (χ4v) is 1.84. The Morgan fingerprint density at radius 2 is 2.15 bits per heavy atom. The predicted molar refractivity (Wildman–Crippen MR) is 78.5 cm³/mol. The quantitative estimate of drug-likeness (QED) is 0.656. The van der Waals surface area contributed by atoms with Crippen molar-refractivity contribution in [3.8, 4) is 0 Å². The zero-order chi connectivity index (χ0) is 14.8. The summed E-state index contributed by atoms with van der Waals surface area (Å²) in [6.07, 6.45) is 3.32. The second-order valence-corrected chi connectivity index (χ2v) is 5.21. The van der Waals surface area contributed by atoms with Crippen LogP contribution in [0.25, 0.3) is 0 Å². The van der Waals surface area contributed by atoms with Crippen LogP contribution in [0.1, 0.15) is 19.4 Å². The van der Waals surface area contributed by atoms with E-state index in [2.05, 4.69) is 9.88 Å². The van der Waals surface area contributed by atoms with E-state index < -0.39 is 6.10 Å². The highest BCUT2D eigenvalue weighted by atomic mass is 16.5. The van der Waals surface area contributed by atoms with Gasteiger partial charge in [-0.15, -0.1) is 0 Å². The molecule has 20 heavy (non-hydrogen) atoms. The van der Waals surface area contributed by atoms with Crippen LogP contribution < -0.4 is 0 Å². The first-order chi connectivity index (χ1) is 9.58. The highest BCUT2D eigenvalue weighted by molar-refractivity contribution is 5.07. The summed E-state index contributed by atoms with van der Waals surface area (Å²) < 4.78 is 10.7. The van der Waals surface area contributed by atoms with E-state index in [-0.39, 0.29) is 6.10 Å². The van der Waals surface area contributed by atoms with E-state index in [1.165, 1.54) is 0 Å². The summed E-state index contributed by atoms with van der Waals surface area (Å²) in [6, 6.07) is 3.94. The van der Waals surface area contributed by atoms with Crippen LogP contribution in [0.5, 0.6) is 0 Å². The van der Waals surface area contributed by atoms with Crippen LogP contribution in [0, 0.1) is 0 Å². The molecule has 0 aromatic carbocycles. The molecule has 0 fully saturated rings. The smallest absolute Gasteiger partial charge is 0.0900 e. The van der Waals surface area contributed by atoms with Crippen molar-refractivity contribution >= 4 is 0 Å². The van der Waals surface area contributed by atoms with Gasteiger partial charge in [-0.3, -0.25) is 9.88 Å². The van der Waals surface area contributed by atoms with Gasteiger partial charge in [0.25, 0.3) is 0 Å². The summed E-state index contributed by atoms with van der Waals surface area (Å²) >= 11 is 0. The van der Waals surface area contributed by atoms with Crippen LogP contribution >= 0.6 is 0 Å². The fraction of sp³-hybridized carbons (Fsp3) is 0.667. The molecule has 0 saturated heterocycles. The average molecular weight is 282 g/mol. The third kappa shape index (κ3) is 8.22. The third-order valence-corrected chi connectivity index (χ3v) is 2.69. The van der Waals surface area contributed by atoms with Gasteiger partial charge in [-0.2, -0.15) is 0 Å². The lowest BCUT2D eigenvalue weighted by Gasteiger charge is -2.20. The summed E-state index contributed by atoms with van der Waals surface area (Å²) in [4.78, 5) is 6.12. The number of nitrogens with zero attached hydrogens (tertiary/aromatic N) is 2. The number of aliphatic hydroxyl groups excluding tert-OH is 1. The number of ether oxygens (including phenoxy) is 2. The minimum absolute atomic E-state index is 0.217. The van der Waals surface area contributed by atoms with E-state index in [9.17, 15) is 5.11 Å². The van der Waals surface area contributed by atoms with E-state index in [1.54, 1.807) is 6.20 Å². The van der Waals surface area contributed by atoms with Gasteiger partial charge >= 0.3 is 0 Å². The van der Waals surface area contributed by atoms with Crippen LogP contribution in [0.3, 0.4) is 0 Å². The Balaban J connectivity index is 2.10. The molecule has 5 nitrogen and oxygen atoms in total. The molecule has 1 rings (SSSR count). The molecule has 0 saturated carbocycles. The van der Waals surface area contributed by atoms with Crippen LogP contribution in [0.15, 0.2) is 24.5 Å². The molecule has 1 atom stereocenters. The number of aliphatic hydroxyl groups is 1. The summed E-state index contributed by atoms with van der Waals surface area (Å²) in [6.45, 7) is 6.72. The largest absolute Gasteiger partial charge is 0.389 e. The maximum Gasteiger partial charge on any atom is 0.0900 e. The number of likely N-dealkylation sites (N-methyl/N-ethyl adjacent to an activating group) is 1. The third-order valence-electron chi connectivity index (χ3n) is 2.69. The summed E-state index contributed by atoms with van der Waals surface area (Å²) in [7, 11) is 1.97. The molecule has 0 amide bonds. The van der Waals surface area contributed by atoms with E-state index in [1.807, 2.05) is 39.2 Å². The van der Waals surface area contributed by atoms with Gasteiger partial charge in [-0.1, -0.05) is 6.07 Å². The predicted octanol–water partition coefficient (Wildman–Crippen LogP) is 1.32. The van der Waals surface area contributed by atoms with E-state index in [0.29, 0.717) is 26.4 Å². The summed E-state index contributed by atoms with van der Waals surface area (Å²) in [5, 5.41) is 9.88. The van der Waals surface area contributed by atoms with Crippen molar-refractivity contribution in [2.75, 3.05) is 33.4 Å².